The number of non-ortho nitro benzene ring substituents is 1. The molecule has 1 N–H and O–H groups in total. The molecular formula is C15H22N2O3. The molecule has 1 aliphatic rings. The Morgan fingerprint density at radius 1 is 1.40 bits per heavy atom. The molecule has 0 bridgehead atoms. The van der Waals surface area contributed by atoms with E-state index in [4.69, 9.17) is 4.74 Å². The molecule has 0 spiro atoms. The molecule has 1 aliphatic carbocycles. The summed E-state index contributed by atoms with van der Waals surface area (Å²) in [6, 6.07) is 7.24. The van der Waals surface area contributed by atoms with Gasteiger partial charge in [-0.3, -0.25) is 10.1 Å². The van der Waals surface area contributed by atoms with Crippen molar-refractivity contribution in [2.24, 2.45) is 5.41 Å². The van der Waals surface area contributed by atoms with Gasteiger partial charge in [-0.1, -0.05) is 26.0 Å². The highest BCUT2D eigenvalue weighted by Crippen LogP contribution is 2.42. The summed E-state index contributed by atoms with van der Waals surface area (Å²) in [5.74, 6) is 0. The second-order valence-electron chi connectivity index (χ2n) is 5.96. The lowest BCUT2D eigenvalue weighted by Gasteiger charge is -2.51. The maximum absolute atomic E-state index is 10.6. The van der Waals surface area contributed by atoms with Crippen molar-refractivity contribution in [3.05, 3.63) is 39.9 Å². The maximum Gasteiger partial charge on any atom is 0.269 e. The first-order valence-electron chi connectivity index (χ1n) is 6.94. The van der Waals surface area contributed by atoms with Gasteiger partial charge in [0.2, 0.25) is 0 Å². The van der Waals surface area contributed by atoms with E-state index in [1.165, 1.54) is 0 Å². The van der Waals surface area contributed by atoms with Crippen LogP contribution in [0.1, 0.15) is 25.8 Å². The van der Waals surface area contributed by atoms with E-state index in [0.717, 1.165) is 24.9 Å². The van der Waals surface area contributed by atoms with Crippen LogP contribution in [0.5, 0.6) is 0 Å². The normalized spacial score (nSPS) is 24.1. The van der Waals surface area contributed by atoms with Crippen LogP contribution in [0.3, 0.4) is 0 Å². The molecule has 20 heavy (non-hydrogen) atoms. The summed E-state index contributed by atoms with van der Waals surface area (Å²) >= 11 is 0. The fourth-order valence-corrected chi connectivity index (χ4v) is 2.81. The van der Waals surface area contributed by atoms with Crippen LogP contribution < -0.4 is 5.32 Å². The van der Waals surface area contributed by atoms with E-state index in [1.807, 2.05) is 12.1 Å². The lowest BCUT2D eigenvalue weighted by Crippen LogP contribution is -2.60. The molecule has 5 heteroatoms. The third kappa shape index (κ3) is 2.99. The van der Waals surface area contributed by atoms with Crippen LogP contribution in [0.4, 0.5) is 5.69 Å². The molecule has 0 radical (unpaired) electrons. The number of hydrogen-bond acceptors (Lipinski definition) is 4. The largest absolute Gasteiger partial charge is 0.381 e. The first-order valence-corrected chi connectivity index (χ1v) is 6.94. The second kappa shape index (κ2) is 5.89. The third-order valence-corrected chi connectivity index (χ3v) is 4.41. The summed E-state index contributed by atoms with van der Waals surface area (Å²) in [5, 5.41) is 14.1. The monoisotopic (exact) mass is 278 g/mol. The Balaban J connectivity index is 1.78. The highest BCUT2D eigenvalue weighted by Gasteiger charge is 2.47. The molecule has 1 fully saturated rings. The zero-order valence-corrected chi connectivity index (χ0v) is 12.3. The molecule has 2 atom stereocenters. The highest BCUT2D eigenvalue weighted by molar-refractivity contribution is 5.32. The van der Waals surface area contributed by atoms with Crippen LogP contribution in [0.15, 0.2) is 24.3 Å². The van der Waals surface area contributed by atoms with E-state index < -0.39 is 0 Å². The van der Waals surface area contributed by atoms with Gasteiger partial charge in [-0.05, 0) is 24.9 Å². The standard InChI is InChI=1S/C15H22N2O3/c1-15(2)13(10-14(15)20-3)16-9-8-11-4-6-12(7-5-11)17(18)19/h4-7,13-14,16H,8-10H2,1-3H3. The van der Waals surface area contributed by atoms with Crippen molar-refractivity contribution in [3.63, 3.8) is 0 Å². The predicted molar refractivity (Wildman–Crippen MR) is 77.8 cm³/mol. The van der Waals surface area contributed by atoms with Gasteiger partial charge in [0, 0.05) is 30.7 Å². The summed E-state index contributed by atoms with van der Waals surface area (Å²) in [4.78, 5) is 10.2. The molecule has 2 rings (SSSR count). The Kier molecular flexibility index (Phi) is 4.40. The van der Waals surface area contributed by atoms with Crippen molar-refractivity contribution < 1.29 is 9.66 Å². The van der Waals surface area contributed by atoms with Gasteiger partial charge >= 0.3 is 0 Å². The molecule has 0 heterocycles. The van der Waals surface area contributed by atoms with Gasteiger partial charge in [-0.25, -0.2) is 0 Å². The molecule has 110 valence electrons. The maximum atomic E-state index is 10.6. The molecule has 0 aliphatic heterocycles. The van der Waals surface area contributed by atoms with Gasteiger partial charge in [0.25, 0.3) is 5.69 Å². The molecule has 0 saturated heterocycles. The first kappa shape index (κ1) is 14.9. The average molecular weight is 278 g/mol. The Morgan fingerprint density at radius 2 is 2.05 bits per heavy atom. The van der Waals surface area contributed by atoms with Crippen LogP contribution in [0, 0.1) is 15.5 Å². The van der Waals surface area contributed by atoms with Crippen molar-refractivity contribution in [2.75, 3.05) is 13.7 Å². The van der Waals surface area contributed by atoms with Crippen LogP contribution in [0.25, 0.3) is 0 Å². The zero-order valence-electron chi connectivity index (χ0n) is 12.3. The predicted octanol–water partition coefficient (Wildman–Crippen LogP) is 2.54. The molecule has 1 aromatic carbocycles. The number of nitro groups is 1. The molecule has 1 saturated carbocycles. The number of benzene rings is 1. The Morgan fingerprint density at radius 3 is 2.55 bits per heavy atom. The summed E-state index contributed by atoms with van der Waals surface area (Å²) in [6.07, 6.45) is 2.26. The minimum atomic E-state index is -0.371. The summed E-state index contributed by atoms with van der Waals surface area (Å²) < 4.78 is 5.43. The number of rotatable bonds is 6. The molecule has 1 aromatic rings. The van der Waals surface area contributed by atoms with Crippen LogP contribution in [-0.4, -0.2) is 30.7 Å². The fourth-order valence-electron chi connectivity index (χ4n) is 2.81. The zero-order chi connectivity index (χ0) is 14.8. The van der Waals surface area contributed by atoms with E-state index in [2.05, 4.69) is 19.2 Å². The summed E-state index contributed by atoms with van der Waals surface area (Å²) in [7, 11) is 1.76. The SMILES string of the molecule is COC1CC(NCCc2ccc([N+](=O)[O-])cc2)C1(C)C. The number of nitro benzene ring substituents is 1. The number of ether oxygens (including phenoxy) is 1. The van der Waals surface area contributed by atoms with Crippen molar-refractivity contribution >= 4 is 5.69 Å². The number of hydrogen-bond donors (Lipinski definition) is 1. The molecule has 0 amide bonds. The molecule has 0 aromatic heterocycles. The van der Waals surface area contributed by atoms with Crippen LogP contribution in [-0.2, 0) is 11.2 Å². The third-order valence-electron chi connectivity index (χ3n) is 4.41. The average Bonchev–Trinajstić information content (AvgIpc) is 2.42. The van der Waals surface area contributed by atoms with Gasteiger partial charge in [0.15, 0.2) is 0 Å². The number of nitrogens with one attached hydrogen (secondary N) is 1. The van der Waals surface area contributed by atoms with Gasteiger partial charge in [0.1, 0.15) is 0 Å². The van der Waals surface area contributed by atoms with Crippen molar-refractivity contribution in [2.45, 2.75) is 38.8 Å². The first-order chi connectivity index (χ1) is 9.45. The highest BCUT2D eigenvalue weighted by atomic mass is 16.6. The lowest BCUT2D eigenvalue weighted by atomic mass is 9.64. The van der Waals surface area contributed by atoms with E-state index in [9.17, 15) is 10.1 Å². The van der Waals surface area contributed by atoms with Gasteiger partial charge in [-0.15, -0.1) is 0 Å². The van der Waals surface area contributed by atoms with Gasteiger partial charge in [-0.2, -0.15) is 0 Å². The molecule has 2 unspecified atom stereocenters. The van der Waals surface area contributed by atoms with Crippen molar-refractivity contribution in [3.8, 4) is 0 Å². The quantitative estimate of drug-likeness (QED) is 0.641. The Labute approximate surface area is 119 Å². The molecular weight excluding hydrogens is 256 g/mol. The van der Waals surface area contributed by atoms with E-state index >= 15 is 0 Å². The minimum Gasteiger partial charge on any atom is -0.381 e. The van der Waals surface area contributed by atoms with Gasteiger partial charge < -0.3 is 10.1 Å². The van der Waals surface area contributed by atoms with Crippen molar-refractivity contribution in [1.29, 1.82) is 0 Å². The Bertz CT molecular complexity index is 471. The lowest BCUT2D eigenvalue weighted by molar-refractivity contribution is -0.384. The van der Waals surface area contributed by atoms with Crippen LogP contribution >= 0.6 is 0 Å². The van der Waals surface area contributed by atoms with Crippen LogP contribution in [0.2, 0.25) is 0 Å². The smallest absolute Gasteiger partial charge is 0.269 e. The Hall–Kier alpha value is -1.46. The van der Waals surface area contributed by atoms with E-state index in [-0.39, 0.29) is 16.0 Å². The van der Waals surface area contributed by atoms with E-state index in [0.29, 0.717) is 12.1 Å². The molecule has 5 nitrogen and oxygen atoms in total. The summed E-state index contributed by atoms with van der Waals surface area (Å²) in [6.45, 7) is 5.31. The van der Waals surface area contributed by atoms with E-state index in [1.54, 1.807) is 19.2 Å². The topological polar surface area (TPSA) is 64.4 Å². The summed E-state index contributed by atoms with van der Waals surface area (Å²) in [5.41, 5.74) is 1.43. The van der Waals surface area contributed by atoms with Gasteiger partial charge in [0.05, 0.1) is 11.0 Å². The fraction of sp³-hybridized carbons (Fsp3) is 0.600. The van der Waals surface area contributed by atoms with Crippen molar-refractivity contribution in [1.82, 2.24) is 5.32 Å². The number of methoxy groups -OCH3 is 1. The second-order valence-corrected chi connectivity index (χ2v) is 5.96. The minimum absolute atomic E-state index is 0.143. The number of nitrogens with zero attached hydrogens (tertiary/aromatic N) is 1.